The monoisotopic (exact) mass is 483 g/mol. The highest BCUT2D eigenvalue weighted by Gasteiger charge is 2.23. The zero-order valence-electron chi connectivity index (χ0n) is 18.7. The Morgan fingerprint density at radius 1 is 1.00 bits per heavy atom. The summed E-state index contributed by atoms with van der Waals surface area (Å²) in [6.45, 7) is 7.60. The van der Waals surface area contributed by atoms with Crippen LogP contribution in [0.1, 0.15) is 38.1 Å². The fourth-order valence-electron chi connectivity index (χ4n) is 3.03. The molecule has 0 aromatic heterocycles. The van der Waals surface area contributed by atoms with Crippen molar-refractivity contribution in [2.24, 2.45) is 0 Å². The van der Waals surface area contributed by atoms with Crippen molar-refractivity contribution in [2.45, 2.75) is 43.5 Å². The molecule has 32 heavy (non-hydrogen) atoms. The normalized spacial score (nSPS) is 12.2. The summed E-state index contributed by atoms with van der Waals surface area (Å²) in [5.41, 5.74) is 0.476. The number of nitrogens with one attached hydrogen (secondary N) is 2. The molecule has 0 radical (unpaired) electrons. The number of anilines is 1. The second kappa shape index (κ2) is 10.4. The Morgan fingerprint density at radius 3 is 2.09 bits per heavy atom. The minimum absolute atomic E-state index is 0.106. The van der Waals surface area contributed by atoms with Crippen LogP contribution in [-0.2, 0) is 20.0 Å². The lowest BCUT2D eigenvalue weighted by Crippen LogP contribution is -2.30. The zero-order valence-corrected chi connectivity index (χ0v) is 20.4. The summed E-state index contributed by atoms with van der Waals surface area (Å²) in [7, 11) is -6.15. The Labute approximate surface area is 189 Å². The van der Waals surface area contributed by atoms with Gasteiger partial charge in [-0.2, -0.15) is 4.31 Å². The van der Waals surface area contributed by atoms with Gasteiger partial charge in [-0.25, -0.2) is 21.6 Å². The standard InChI is InChI=1S/C21H29N3O6S2/c1-6-24(7-2)32(28,29)18-11-9-17(10-12-18)22-21(25)16-8-13-19(30-5)20(14-16)31(26,27)23-15(3)4/h8-15,23H,6-7H2,1-5H3,(H,22,25). The van der Waals surface area contributed by atoms with Crippen LogP contribution in [0.2, 0.25) is 0 Å². The van der Waals surface area contributed by atoms with Gasteiger partial charge >= 0.3 is 0 Å². The first-order chi connectivity index (χ1) is 15.0. The summed E-state index contributed by atoms with van der Waals surface area (Å²) >= 11 is 0. The molecule has 1 amide bonds. The molecule has 176 valence electrons. The van der Waals surface area contributed by atoms with Gasteiger partial charge in [0.05, 0.1) is 12.0 Å². The summed E-state index contributed by atoms with van der Waals surface area (Å²) in [6, 6.07) is 9.54. The molecule has 11 heteroatoms. The van der Waals surface area contributed by atoms with Gasteiger partial charge < -0.3 is 10.1 Å². The zero-order chi connectivity index (χ0) is 24.1. The van der Waals surface area contributed by atoms with E-state index in [0.29, 0.717) is 18.8 Å². The number of hydrogen-bond donors (Lipinski definition) is 2. The number of benzene rings is 2. The van der Waals surface area contributed by atoms with E-state index in [1.54, 1.807) is 27.7 Å². The molecule has 2 aromatic carbocycles. The fourth-order valence-corrected chi connectivity index (χ4v) is 5.93. The molecule has 2 aromatic rings. The number of carbonyl (C=O) groups is 1. The molecule has 0 aliphatic rings. The average molecular weight is 484 g/mol. The molecule has 0 fully saturated rings. The van der Waals surface area contributed by atoms with E-state index in [9.17, 15) is 21.6 Å². The Bertz CT molecular complexity index is 1160. The Morgan fingerprint density at radius 2 is 1.59 bits per heavy atom. The van der Waals surface area contributed by atoms with Crippen molar-refractivity contribution in [1.29, 1.82) is 0 Å². The van der Waals surface area contributed by atoms with Crippen LogP contribution in [0.3, 0.4) is 0 Å². The van der Waals surface area contributed by atoms with Crippen LogP contribution in [0.15, 0.2) is 52.3 Å². The lowest BCUT2D eigenvalue weighted by atomic mass is 10.2. The molecule has 0 spiro atoms. The van der Waals surface area contributed by atoms with Crippen LogP contribution in [0, 0.1) is 0 Å². The number of hydrogen-bond acceptors (Lipinski definition) is 6. The lowest BCUT2D eigenvalue weighted by molar-refractivity contribution is 0.102. The maximum Gasteiger partial charge on any atom is 0.255 e. The second-order valence-corrected chi connectivity index (χ2v) is 10.8. The van der Waals surface area contributed by atoms with Gasteiger partial charge in [-0.3, -0.25) is 4.79 Å². The SMILES string of the molecule is CCN(CC)S(=O)(=O)c1ccc(NC(=O)c2ccc(OC)c(S(=O)(=O)NC(C)C)c2)cc1. The third-order valence-corrected chi connectivity index (χ3v) is 8.31. The highest BCUT2D eigenvalue weighted by atomic mass is 32.2. The molecule has 0 atom stereocenters. The van der Waals surface area contributed by atoms with Gasteiger partial charge in [-0.05, 0) is 56.3 Å². The van der Waals surface area contributed by atoms with Crippen molar-refractivity contribution in [3.8, 4) is 5.75 Å². The van der Waals surface area contributed by atoms with Crippen LogP contribution in [0.5, 0.6) is 5.75 Å². The van der Waals surface area contributed by atoms with Crippen LogP contribution in [0.4, 0.5) is 5.69 Å². The van der Waals surface area contributed by atoms with Crippen molar-refractivity contribution in [3.05, 3.63) is 48.0 Å². The molecule has 0 aliphatic heterocycles. The van der Waals surface area contributed by atoms with Gasteiger partial charge in [0.1, 0.15) is 10.6 Å². The summed E-state index contributed by atoms with van der Waals surface area (Å²) in [5.74, 6) is -0.436. The van der Waals surface area contributed by atoms with E-state index in [1.165, 1.54) is 53.9 Å². The van der Waals surface area contributed by atoms with Gasteiger partial charge in [0.2, 0.25) is 20.0 Å². The van der Waals surface area contributed by atoms with Crippen molar-refractivity contribution in [2.75, 3.05) is 25.5 Å². The fraction of sp³-hybridized carbons (Fsp3) is 0.381. The Balaban J connectivity index is 2.29. The average Bonchev–Trinajstić information content (AvgIpc) is 2.73. The van der Waals surface area contributed by atoms with Crippen molar-refractivity contribution in [3.63, 3.8) is 0 Å². The van der Waals surface area contributed by atoms with E-state index in [2.05, 4.69) is 10.0 Å². The Kier molecular flexibility index (Phi) is 8.41. The van der Waals surface area contributed by atoms with Gasteiger partial charge in [-0.15, -0.1) is 0 Å². The van der Waals surface area contributed by atoms with Crippen LogP contribution in [0.25, 0.3) is 0 Å². The van der Waals surface area contributed by atoms with E-state index < -0.39 is 26.0 Å². The van der Waals surface area contributed by atoms with Gasteiger partial charge in [0.25, 0.3) is 5.91 Å². The number of sulfonamides is 2. The number of rotatable bonds is 10. The maximum absolute atomic E-state index is 12.7. The van der Waals surface area contributed by atoms with Gasteiger partial charge in [0, 0.05) is 30.4 Å². The number of carbonyl (C=O) groups excluding carboxylic acids is 1. The van der Waals surface area contributed by atoms with Crippen LogP contribution < -0.4 is 14.8 Å². The van der Waals surface area contributed by atoms with Crippen molar-refractivity contribution in [1.82, 2.24) is 9.03 Å². The molecule has 0 saturated heterocycles. The number of ether oxygens (including phenoxy) is 1. The summed E-state index contributed by atoms with van der Waals surface area (Å²) in [4.78, 5) is 12.7. The van der Waals surface area contributed by atoms with Crippen molar-refractivity contribution >= 4 is 31.6 Å². The highest BCUT2D eigenvalue weighted by molar-refractivity contribution is 7.89. The summed E-state index contributed by atoms with van der Waals surface area (Å²) in [6.07, 6.45) is 0. The number of methoxy groups -OCH3 is 1. The summed E-state index contributed by atoms with van der Waals surface area (Å²) < 4.78 is 59.3. The first kappa shape index (κ1) is 25.8. The van der Waals surface area contributed by atoms with E-state index in [-0.39, 0.29) is 27.1 Å². The predicted octanol–water partition coefficient (Wildman–Crippen LogP) is 2.66. The molecule has 0 aliphatic carbocycles. The Hall–Kier alpha value is -2.47. The predicted molar refractivity (Wildman–Crippen MR) is 123 cm³/mol. The molecule has 0 heterocycles. The molecule has 2 N–H and O–H groups in total. The molecule has 2 rings (SSSR count). The first-order valence-corrected chi connectivity index (χ1v) is 13.0. The van der Waals surface area contributed by atoms with Crippen LogP contribution in [-0.4, -0.2) is 53.3 Å². The number of amides is 1. The molecule has 0 unspecified atom stereocenters. The van der Waals surface area contributed by atoms with Crippen LogP contribution >= 0.6 is 0 Å². The van der Waals surface area contributed by atoms with Gasteiger partial charge in [0.15, 0.2) is 0 Å². The van der Waals surface area contributed by atoms with Gasteiger partial charge in [-0.1, -0.05) is 13.8 Å². The summed E-state index contributed by atoms with van der Waals surface area (Å²) in [5, 5.41) is 2.65. The molecule has 9 nitrogen and oxygen atoms in total. The molecule has 0 bridgehead atoms. The third-order valence-electron chi connectivity index (χ3n) is 4.56. The van der Waals surface area contributed by atoms with E-state index in [4.69, 9.17) is 4.74 Å². The molecular formula is C21H29N3O6S2. The minimum Gasteiger partial charge on any atom is -0.495 e. The smallest absolute Gasteiger partial charge is 0.255 e. The maximum atomic E-state index is 12.7. The van der Waals surface area contributed by atoms with E-state index in [1.807, 2.05) is 0 Å². The lowest BCUT2D eigenvalue weighted by Gasteiger charge is -2.18. The molecular weight excluding hydrogens is 454 g/mol. The topological polar surface area (TPSA) is 122 Å². The number of nitrogens with zero attached hydrogens (tertiary/aromatic N) is 1. The van der Waals surface area contributed by atoms with Crippen molar-refractivity contribution < 1.29 is 26.4 Å². The highest BCUT2D eigenvalue weighted by Crippen LogP contribution is 2.26. The van der Waals surface area contributed by atoms with E-state index in [0.717, 1.165) is 0 Å². The third kappa shape index (κ3) is 5.85. The minimum atomic E-state index is -3.89. The largest absolute Gasteiger partial charge is 0.495 e. The quantitative estimate of drug-likeness (QED) is 0.536. The van der Waals surface area contributed by atoms with E-state index >= 15 is 0 Å². The second-order valence-electron chi connectivity index (χ2n) is 7.21. The first-order valence-electron chi connectivity index (χ1n) is 10.1. The molecule has 0 saturated carbocycles.